The number of Topliss-reactive ketones (excluding diaryl/α,β-unsaturated/α-hetero) is 2. The highest BCUT2D eigenvalue weighted by molar-refractivity contribution is 9.10. The topological polar surface area (TPSA) is 43.4 Å². The molecule has 1 aliphatic rings. The van der Waals surface area contributed by atoms with Crippen molar-refractivity contribution in [3.63, 3.8) is 0 Å². The number of carbonyl (C=O) groups excluding carboxylic acids is 2. The number of aryl methyl sites for hydroxylation is 1. The fraction of sp³-hybridized carbons (Fsp3) is 0.176. The second kappa shape index (κ2) is 4.81. The van der Waals surface area contributed by atoms with Crippen LogP contribution in [0.5, 0.6) is 5.75 Å². The predicted octanol–water partition coefficient (Wildman–Crippen LogP) is 3.67. The van der Waals surface area contributed by atoms with Crippen molar-refractivity contribution in [3.8, 4) is 5.75 Å². The maximum absolute atomic E-state index is 12.8. The zero-order chi connectivity index (χ0) is 15.2. The van der Waals surface area contributed by atoms with Crippen molar-refractivity contribution in [1.29, 1.82) is 0 Å². The molecule has 1 atom stereocenters. The summed E-state index contributed by atoms with van der Waals surface area (Å²) in [4.78, 5) is 25.5. The molecule has 0 aromatic heterocycles. The number of halogens is 1. The van der Waals surface area contributed by atoms with Gasteiger partial charge in [-0.05, 0) is 30.7 Å². The molecule has 1 aliphatic carbocycles. The van der Waals surface area contributed by atoms with Gasteiger partial charge in [0.05, 0.1) is 7.11 Å². The fourth-order valence-corrected chi connectivity index (χ4v) is 3.31. The van der Waals surface area contributed by atoms with Gasteiger partial charge in [0.15, 0.2) is 15.9 Å². The average Bonchev–Trinajstić information content (AvgIpc) is 2.70. The normalized spacial score (nSPS) is 20.5. The van der Waals surface area contributed by atoms with Crippen LogP contribution in [0.1, 0.15) is 31.8 Å². The van der Waals surface area contributed by atoms with Gasteiger partial charge >= 0.3 is 0 Å². The summed E-state index contributed by atoms with van der Waals surface area (Å²) in [7, 11) is 1.53. The van der Waals surface area contributed by atoms with Gasteiger partial charge < -0.3 is 4.74 Å². The summed E-state index contributed by atoms with van der Waals surface area (Å²) in [6, 6.07) is 12.4. The molecule has 3 rings (SSSR count). The number of ketones is 2. The average molecular weight is 345 g/mol. The first-order valence-electron chi connectivity index (χ1n) is 6.52. The van der Waals surface area contributed by atoms with Crippen LogP contribution in [0, 0.1) is 6.92 Å². The Morgan fingerprint density at radius 3 is 2.38 bits per heavy atom. The molecule has 106 valence electrons. The van der Waals surface area contributed by atoms with Crippen LogP contribution < -0.4 is 4.74 Å². The Kier molecular flexibility index (Phi) is 3.21. The third-order valence-electron chi connectivity index (χ3n) is 3.76. The van der Waals surface area contributed by atoms with Crippen LogP contribution in [0.15, 0.2) is 42.5 Å². The summed E-state index contributed by atoms with van der Waals surface area (Å²) >= 11 is 3.41. The number of hydrogen-bond acceptors (Lipinski definition) is 3. The summed E-state index contributed by atoms with van der Waals surface area (Å²) in [6.07, 6.45) is 0. The Hall–Kier alpha value is -1.94. The summed E-state index contributed by atoms with van der Waals surface area (Å²) in [5.74, 6) is 0.0960. The fourth-order valence-electron chi connectivity index (χ4n) is 2.63. The molecule has 2 aromatic carbocycles. The van der Waals surface area contributed by atoms with Crippen LogP contribution in [0.3, 0.4) is 0 Å². The van der Waals surface area contributed by atoms with Gasteiger partial charge in [-0.25, -0.2) is 0 Å². The minimum atomic E-state index is -1.33. The van der Waals surface area contributed by atoms with E-state index in [0.717, 1.165) is 5.56 Å². The molecular weight excluding hydrogens is 332 g/mol. The van der Waals surface area contributed by atoms with Gasteiger partial charge in [0, 0.05) is 11.1 Å². The first-order chi connectivity index (χ1) is 9.98. The molecule has 0 bridgehead atoms. The van der Waals surface area contributed by atoms with Crippen molar-refractivity contribution in [2.45, 2.75) is 11.2 Å². The van der Waals surface area contributed by atoms with Gasteiger partial charge in [-0.1, -0.05) is 45.8 Å². The SMILES string of the molecule is COc1ccc2c(c1)C(=O)C(Br)(c1cccc(C)c1)C2=O. The standard InChI is InChI=1S/C17H13BrO3/c1-10-4-3-5-11(8-10)17(18)15(19)13-7-6-12(21-2)9-14(13)16(17)20/h3-9H,1-2H3. The largest absolute Gasteiger partial charge is 0.497 e. The van der Waals surface area contributed by atoms with Gasteiger partial charge in [0.1, 0.15) is 5.75 Å². The second-order valence-corrected chi connectivity index (χ2v) is 6.29. The van der Waals surface area contributed by atoms with Crippen molar-refractivity contribution in [2.24, 2.45) is 0 Å². The Morgan fingerprint density at radius 1 is 1.00 bits per heavy atom. The molecule has 0 fully saturated rings. The Bertz CT molecular complexity index is 766. The molecule has 0 heterocycles. The molecule has 0 N–H and O–H groups in total. The maximum atomic E-state index is 12.8. The molecule has 0 spiro atoms. The van der Waals surface area contributed by atoms with E-state index >= 15 is 0 Å². The molecule has 4 heteroatoms. The molecule has 0 amide bonds. The van der Waals surface area contributed by atoms with Gasteiger partial charge in [-0.15, -0.1) is 0 Å². The number of hydrogen-bond donors (Lipinski definition) is 0. The van der Waals surface area contributed by atoms with E-state index in [1.165, 1.54) is 7.11 Å². The lowest BCUT2D eigenvalue weighted by Crippen LogP contribution is -2.31. The van der Waals surface area contributed by atoms with Crippen molar-refractivity contribution in [3.05, 3.63) is 64.7 Å². The minimum absolute atomic E-state index is 0.226. The number of ether oxygens (including phenoxy) is 1. The third-order valence-corrected chi connectivity index (χ3v) is 4.94. The third kappa shape index (κ3) is 1.94. The van der Waals surface area contributed by atoms with Crippen LogP contribution in [-0.4, -0.2) is 18.7 Å². The Balaban J connectivity index is 2.19. The highest BCUT2D eigenvalue weighted by Gasteiger charge is 2.52. The van der Waals surface area contributed by atoms with E-state index in [1.807, 2.05) is 25.1 Å². The number of carbonyl (C=O) groups is 2. The van der Waals surface area contributed by atoms with Crippen LogP contribution in [0.4, 0.5) is 0 Å². The van der Waals surface area contributed by atoms with E-state index in [2.05, 4.69) is 15.9 Å². The number of methoxy groups -OCH3 is 1. The minimum Gasteiger partial charge on any atom is -0.497 e. The molecular formula is C17H13BrO3. The van der Waals surface area contributed by atoms with E-state index in [0.29, 0.717) is 22.4 Å². The molecule has 0 saturated heterocycles. The number of fused-ring (bicyclic) bond motifs is 1. The molecule has 0 saturated carbocycles. The summed E-state index contributed by atoms with van der Waals surface area (Å²) in [5.41, 5.74) is 2.49. The lowest BCUT2D eigenvalue weighted by Gasteiger charge is -2.19. The zero-order valence-corrected chi connectivity index (χ0v) is 13.2. The van der Waals surface area contributed by atoms with Crippen molar-refractivity contribution in [1.82, 2.24) is 0 Å². The van der Waals surface area contributed by atoms with E-state index in [1.54, 1.807) is 24.3 Å². The van der Waals surface area contributed by atoms with E-state index in [4.69, 9.17) is 4.74 Å². The van der Waals surface area contributed by atoms with E-state index in [-0.39, 0.29) is 11.6 Å². The predicted molar refractivity (Wildman–Crippen MR) is 83.4 cm³/mol. The maximum Gasteiger partial charge on any atom is 0.192 e. The molecule has 0 aliphatic heterocycles. The van der Waals surface area contributed by atoms with Gasteiger partial charge in [0.2, 0.25) is 0 Å². The Morgan fingerprint density at radius 2 is 1.71 bits per heavy atom. The molecule has 0 radical (unpaired) electrons. The molecule has 2 aromatic rings. The van der Waals surface area contributed by atoms with Crippen molar-refractivity contribution in [2.75, 3.05) is 7.11 Å². The molecule has 1 unspecified atom stereocenters. The van der Waals surface area contributed by atoms with Crippen LogP contribution in [0.25, 0.3) is 0 Å². The smallest absolute Gasteiger partial charge is 0.192 e. The van der Waals surface area contributed by atoms with E-state index in [9.17, 15) is 9.59 Å². The lowest BCUT2D eigenvalue weighted by molar-refractivity contribution is 0.0871. The number of benzene rings is 2. The number of alkyl halides is 1. The zero-order valence-electron chi connectivity index (χ0n) is 11.6. The van der Waals surface area contributed by atoms with E-state index < -0.39 is 4.32 Å². The lowest BCUT2D eigenvalue weighted by atomic mass is 9.93. The van der Waals surface area contributed by atoms with Crippen LogP contribution >= 0.6 is 15.9 Å². The van der Waals surface area contributed by atoms with Crippen LogP contribution in [-0.2, 0) is 4.32 Å². The number of rotatable bonds is 2. The monoisotopic (exact) mass is 344 g/mol. The quantitative estimate of drug-likeness (QED) is 0.616. The van der Waals surface area contributed by atoms with Crippen LogP contribution in [0.2, 0.25) is 0 Å². The summed E-state index contributed by atoms with van der Waals surface area (Å²) in [6.45, 7) is 1.93. The van der Waals surface area contributed by atoms with Crippen molar-refractivity contribution < 1.29 is 14.3 Å². The first kappa shape index (κ1) is 14.0. The first-order valence-corrected chi connectivity index (χ1v) is 7.31. The second-order valence-electron chi connectivity index (χ2n) is 5.10. The summed E-state index contributed by atoms with van der Waals surface area (Å²) in [5, 5.41) is 0. The van der Waals surface area contributed by atoms with Gasteiger partial charge in [-0.3, -0.25) is 9.59 Å². The highest BCUT2D eigenvalue weighted by Crippen LogP contribution is 2.45. The summed E-state index contributed by atoms with van der Waals surface area (Å²) < 4.78 is 3.81. The Labute approximate surface area is 131 Å². The van der Waals surface area contributed by atoms with Crippen molar-refractivity contribution >= 4 is 27.5 Å². The molecule has 3 nitrogen and oxygen atoms in total. The highest BCUT2D eigenvalue weighted by atomic mass is 79.9. The van der Waals surface area contributed by atoms with Gasteiger partial charge in [-0.2, -0.15) is 0 Å². The van der Waals surface area contributed by atoms with Gasteiger partial charge in [0.25, 0.3) is 0 Å². The molecule has 21 heavy (non-hydrogen) atoms.